The quantitative estimate of drug-likeness (QED) is 0.869. The average Bonchev–Trinajstić information content (AvgIpc) is 2.58. The lowest BCUT2D eigenvalue weighted by atomic mass is 9.88. The third kappa shape index (κ3) is 4.35. The van der Waals surface area contributed by atoms with Crippen LogP contribution in [0, 0.1) is 5.92 Å². The molecule has 1 aliphatic carbocycles. The van der Waals surface area contributed by atoms with E-state index < -0.39 is 0 Å². The van der Waals surface area contributed by atoms with Crippen LogP contribution < -0.4 is 10.9 Å². The van der Waals surface area contributed by atoms with E-state index in [1.165, 1.54) is 43.3 Å². The predicted octanol–water partition coefficient (Wildman–Crippen LogP) is 3.00. The van der Waals surface area contributed by atoms with Crippen LogP contribution in [0.25, 0.3) is 0 Å². The summed E-state index contributed by atoms with van der Waals surface area (Å²) < 4.78 is 1.93. The van der Waals surface area contributed by atoms with E-state index in [0.717, 1.165) is 37.5 Å². The molecule has 1 aromatic heterocycles. The summed E-state index contributed by atoms with van der Waals surface area (Å²) in [6.07, 6.45) is 11.1. The summed E-state index contributed by atoms with van der Waals surface area (Å²) in [7, 11) is 1.67. The lowest BCUT2D eigenvalue weighted by Gasteiger charge is -2.36. The van der Waals surface area contributed by atoms with Crippen LogP contribution >= 0.6 is 15.9 Å². The van der Waals surface area contributed by atoms with Gasteiger partial charge >= 0.3 is 0 Å². The molecule has 0 aromatic carbocycles. The lowest BCUT2D eigenvalue weighted by Crippen LogP contribution is -2.41. The highest BCUT2D eigenvalue weighted by Crippen LogP contribution is 2.26. The molecular formula is C17H27BrN4O. The number of piperidine rings is 1. The Balaban J connectivity index is 1.49. The van der Waals surface area contributed by atoms with Gasteiger partial charge in [-0.2, -0.15) is 5.10 Å². The highest BCUT2D eigenvalue weighted by atomic mass is 79.9. The van der Waals surface area contributed by atoms with E-state index >= 15 is 0 Å². The fourth-order valence-electron chi connectivity index (χ4n) is 3.83. The Kier molecular flexibility index (Phi) is 5.75. The zero-order valence-corrected chi connectivity index (χ0v) is 15.5. The zero-order chi connectivity index (χ0) is 16.2. The molecule has 0 bridgehead atoms. The first kappa shape index (κ1) is 17.0. The fraction of sp³-hybridized carbons (Fsp3) is 0.765. The van der Waals surface area contributed by atoms with Gasteiger partial charge in [0.05, 0.1) is 11.9 Å². The maximum atomic E-state index is 11.9. The molecule has 1 N–H and O–H groups in total. The summed E-state index contributed by atoms with van der Waals surface area (Å²) in [6, 6.07) is 0.433. The number of aryl methyl sites for hydroxylation is 1. The molecule has 0 spiro atoms. The topological polar surface area (TPSA) is 50.2 Å². The third-order valence-electron chi connectivity index (χ3n) is 5.27. The Bertz CT molecular complexity index is 574. The van der Waals surface area contributed by atoms with Crippen molar-refractivity contribution in [3.63, 3.8) is 0 Å². The summed E-state index contributed by atoms with van der Waals surface area (Å²) >= 11 is 3.39. The molecule has 0 radical (unpaired) electrons. The van der Waals surface area contributed by atoms with Crippen LogP contribution in [0.5, 0.6) is 0 Å². The Labute approximate surface area is 146 Å². The van der Waals surface area contributed by atoms with Crippen LogP contribution in [0.15, 0.2) is 15.5 Å². The second-order valence-electron chi connectivity index (χ2n) is 7.02. The van der Waals surface area contributed by atoms with Gasteiger partial charge < -0.3 is 10.2 Å². The molecule has 6 heteroatoms. The smallest absolute Gasteiger partial charge is 0.282 e. The van der Waals surface area contributed by atoms with Gasteiger partial charge in [-0.05, 0) is 47.5 Å². The lowest BCUT2D eigenvalue weighted by molar-refractivity contribution is 0.168. The first-order valence-electron chi connectivity index (χ1n) is 8.84. The number of aromatic nitrogens is 2. The van der Waals surface area contributed by atoms with Crippen LogP contribution in [0.4, 0.5) is 5.69 Å². The summed E-state index contributed by atoms with van der Waals surface area (Å²) in [4.78, 5) is 14.5. The maximum absolute atomic E-state index is 11.9. The van der Waals surface area contributed by atoms with E-state index in [2.05, 4.69) is 31.2 Å². The maximum Gasteiger partial charge on any atom is 0.282 e. The number of likely N-dealkylation sites (tertiary alicyclic amines) is 1. The van der Waals surface area contributed by atoms with Crippen LogP contribution in [-0.2, 0) is 7.05 Å². The molecule has 2 aliphatic rings. The fourth-order valence-corrected chi connectivity index (χ4v) is 4.30. The SMILES string of the molecule is Cn1ncc(NC2CCN(CC3CCCCC3)CC2)c(Br)c1=O. The number of nitrogens with one attached hydrogen (secondary N) is 1. The number of nitrogens with zero attached hydrogens (tertiary/aromatic N) is 3. The number of hydrogen-bond donors (Lipinski definition) is 1. The van der Waals surface area contributed by atoms with Gasteiger partial charge in [-0.15, -0.1) is 0 Å². The van der Waals surface area contributed by atoms with Gasteiger partial charge in [0.1, 0.15) is 4.47 Å². The van der Waals surface area contributed by atoms with Crippen molar-refractivity contribution in [3.8, 4) is 0 Å². The molecule has 0 unspecified atom stereocenters. The molecule has 0 atom stereocenters. The number of hydrogen-bond acceptors (Lipinski definition) is 4. The minimum absolute atomic E-state index is 0.0928. The molecule has 3 rings (SSSR count). The molecule has 1 aromatic rings. The second-order valence-corrected chi connectivity index (χ2v) is 7.82. The Hall–Kier alpha value is -0.880. The molecule has 1 saturated carbocycles. The van der Waals surface area contributed by atoms with Gasteiger partial charge in [-0.3, -0.25) is 4.79 Å². The molecule has 5 nitrogen and oxygen atoms in total. The Morgan fingerprint density at radius 2 is 1.91 bits per heavy atom. The minimum Gasteiger partial charge on any atom is -0.380 e. The molecular weight excluding hydrogens is 356 g/mol. The molecule has 2 fully saturated rings. The van der Waals surface area contributed by atoms with Crippen LogP contribution in [0.1, 0.15) is 44.9 Å². The summed E-state index contributed by atoms with van der Waals surface area (Å²) in [5, 5.41) is 7.59. The van der Waals surface area contributed by atoms with E-state index in [0.29, 0.717) is 10.5 Å². The van der Waals surface area contributed by atoms with Crippen molar-refractivity contribution in [2.75, 3.05) is 25.0 Å². The average molecular weight is 383 g/mol. The molecule has 2 heterocycles. The van der Waals surface area contributed by atoms with Gasteiger partial charge in [0, 0.05) is 32.7 Å². The highest BCUT2D eigenvalue weighted by molar-refractivity contribution is 9.10. The van der Waals surface area contributed by atoms with E-state index in [-0.39, 0.29) is 5.56 Å². The van der Waals surface area contributed by atoms with Gasteiger partial charge in [-0.1, -0.05) is 19.3 Å². The van der Waals surface area contributed by atoms with Crippen molar-refractivity contribution < 1.29 is 0 Å². The number of rotatable bonds is 4. The van der Waals surface area contributed by atoms with Crippen LogP contribution in [0.2, 0.25) is 0 Å². The normalized spacial score (nSPS) is 21.5. The van der Waals surface area contributed by atoms with Crippen molar-refractivity contribution in [2.45, 2.75) is 51.0 Å². The monoisotopic (exact) mass is 382 g/mol. The minimum atomic E-state index is -0.0928. The first-order valence-corrected chi connectivity index (χ1v) is 9.63. The second kappa shape index (κ2) is 7.79. The van der Waals surface area contributed by atoms with E-state index in [1.54, 1.807) is 13.2 Å². The summed E-state index contributed by atoms with van der Waals surface area (Å²) in [5.41, 5.74) is 0.726. The van der Waals surface area contributed by atoms with Crippen LogP contribution in [-0.4, -0.2) is 40.4 Å². The van der Waals surface area contributed by atoms with Crippen molar-refractivity contribution >= 4 is 21.6 Å². The van der Waals surface area contributed by atoms with Crippen molar-refractivity contribution in [1.29, 1.82) is 0 Å². The Morgan fingerprint density at radius 1 is 1.22 bits per heavy atom. The third-order valence-corrected chi connectivity index (χ3v) is 6.03. The van der Waals surface area contributed by atoms with Crippen molar-refractivity contribution in [3.05, 3.63) is 21.0 Å². The molecule has 0 amide bonds. The summed E-state index contributed by atoms with van der Waals surface area (Å²) in [5.74, 6) is 0.920. The van der Waals surface area contributed by atoms with Crippen molar-refractivity contribution in [1.82, 2.24) is 14.7 Å². The van der Waals surface area contributed by atoms with E-state index in [1.807, 2.05) is 0 Å². The molecule has 1 saturated heterocycles. The van der Waals surface area contributed by atoms with E-state index in [4.69, 9.17) is 0 Å². The standard InChI is InChI=1S/C17H27BrN4O/c1-21-17(23)16(18)15(11-19-21)20-14-7-9-22(10-8-14)12-13-5-3-2-4-6-13/h11,13-14,20H,2-10,12H2,1H3. The highest BCUT2D eigenvalue weighted by Gasteiger charge is 2.23. The molecule has 128 valence electrons. The van der Waals surface area contributed by atoms with Crippen molar-refractivity contribution in [2.24, 2.45) is 13.0 Å². The van der Waals surface area contributed by atoms with Gasteiger partial charge in [0.15, 0.2) is 0 Å². The Morgan fingerprint density at radius 3 is 2.61 bits per heavy atom. The predicted molar refractivity (Wildman–Crippen MR) is 96.8 cm³/mol. The van der Waals surface area contributed by atoms with Crippen LogP contribution in [0.3, 0.4) is 0 Å². The molecule has 1 aliphatic heterocycles. The number of halogens is 1. The van der Waals surface area contributed by atoms with Gasteiger partial charge in [0.25, 0.3) is 5.56 Å². The first-order chi connectivity index (χ1) is 11.1. The number of anilines is 1. The largest absolute Gasteiger partial charge is 0.380 e. The zero-order valence-electron chi connectivity index (χ0n) is 13.9. The molecule has 23 heavy (non-hydrogen) atoms. The van der Waals surface area contributed by atoms with E-state index in [9.17, 15) is 4.79 Å². The van der Waals surface area contributed by atoms with Gasteiger partial charge in [0.2, 0.25) is 0 Å². The van der Waals surface area contributed by atoms with Gasteiger partial charge in [-0.25, -0.2) is 4.68 Å². The summed E-state index contributed by atoms with van der Waals surface area (Å²) in [6.45, 7) is 3.60.